The molecule has 1 aromatic carbocycles. The highest BCUT2D eigenvalue weighted by molar-refractivity contribution is 5.97. The summed E-state index contributed by atoms with van der Waals surface area (Å²) in [7, 11) is 1.04. The van der Waals surface area contributed by atoms with E-state index in [0.717, 1.165) is 7.11 Å². The number of rotatable bonds is 7. The van der Waals surface area contributed by atoms with E-state index in [2.05, 4.69) is 16.6 Å². The van der Waals surface area contributed by atoms with Crippen molar-refractivity contribution in [2.24, 2.45) is 0 Å². The van der Waals surface area contributed by atoms with E-state index in [1.54, 1.807) is 6.08 Å². The molecule has 0 bridgehead atoms. The van der Waals surface area contributed by atoms with Gasteiger partial charge in [-0.15, -0.1) is 6.58 Å². The van der Waals surface area contributed by atoms with E-state index < -0.39 is 47.0 Å². The molecule has 0 radical (unpaired) electrons. The lowest BCUT2D eigenvalue weighted by Gasteiger charge is -2.18. The lowest BCUT2D eigenvalue weighted by Crippen LogP contribution is -2.41. The van der Waals surface area contributed by atoms with Crippen LogP contribution >= 0.6 is 0 Å². The molecule has 1 rings (SSSR count). The third-order valence-corrected chi connectivity index (χ3v) is 3.54. The van der Waals surface area contributed by atoms with Gasteiger partial charge in [-0.2, -0.15) is 26.3 Å². The van der Waals surface area contributed by atoms with Gasteiger partial charge in [-0.1, -0.05) is 6.08 Å². The molecule has 1 atom stereocenters. The van der Waals surface area contributed by atoms with E-state index >= 15 is 0 Å². The number of nitrogens with one attached hydrogen (secondary N) is 1. The van der Waals surface area contributed by atoms with Gasteiger partial charge >= 0.3 is 18.3 Å². The first kappa shape index (κ1) is 22.5. The van der Waals surface area contributed by atoms with Crippen LogP contribution in [0.2, 0.25) is 0 Å². The van der Waals surface area contributed by atoms with Gasteiger partial charge in [0.05, 0.1) is 18.2 Å². The van der Waals surface area contributed by atoms with Gasteiger partial charge in [-0.05, 0) is 37.5 Å². The molecule has 27 heavy (non-hydrogen) atoms. The fourth-order valence-electron chi connectivity index (χ4n) is 2.19. The largest absolute Gasteiger partial charge is 0.467 e. The molecule has 150 valence electrons. The number of carbonyl (C=O) groups excluding carboxylic acids is 2. The highest BCUT2D eigenvalue weighted by Crippen LogP contribution is 2.36. The predicted octanol–water partition coefficient (Wildman–Crippen LogP) is 4.35. The molecule has 0 saturated heterocycles. The molecule has 1 amide bonds. The number of halogens is 6. The number of benzene rings is 1. The Hall–Kier alpha value is -2.52. The molecule has 0 spiro atoms. The van der Waals surface area contributed by atoms with Crippen molar-refractivity contribution in [3.8, 4) is 0 Å². The zero-order chi connectivity index (χ0) is 20.8. The SMILES string of the molecule is C=CCCC[C@H](NC(=O)c1cc(C(F)(F)F)cc(C(F)(F)F)c1)C(=O)OC. The summed E-state index contributed by atoms with van der Waals surface area (Å²) in [6, 6.07) is -0.712. The summed E-state index contributed by atoms with van der Waals surface area (Å²) in [5, 5.41) is 2.12. The molecular weight excluding hydrogens is 380 g/mol. The van der Waals surface area contributed by atoms with Crippen LogP contribution in [0.5, 0.6) is 0 Å². The summed E-state index contributed by atoms with van der Waals surface area (Å²) in [5.74, 6) is -2.11. The van der Waals surface area contributed by atoms with Crippen LogP contribution in [-0.2, 0) is 21.9 Å². The van der Waals surface area contributed by atoms with Gasteiger partial charge in [0.25, 0.3) is 5.91 Å². The Labute approximate surface area is 151 Å². The number of unbranched alkanes of at least 4 members (excludes halogenated alkanes) is 1. The van der Waals surface area contributed by atoms with Crippen molar-refractivity contribution in [1.82, 2.24) is 5.32 Å². The van der Waals surface area contributed by atoms with Gasteiger partial charge in [0, 0.05) is 5.56 Å². The van der Waals surface area contributed by atoms with Gasteiger partial charge in [0.15, 0.2) is 0 Å². The second kappa shape index (κ2) is 8.92. The molecule has 0 aliphatic heterocycles. The van der Waals surface area contributed by atoms with Crippen LogP contribution in [0.25, 0.3) is 0 Å². The molecule has 0 fully saturated rings. The Kier molecular flexibility index (Phi) is 7.44. The van der Waals surface area contributed by atoms with Gasteiger partial charge < -0.3 is 10.1 Å². The average molecular weight is 397 g/mol. The van der Waals surface area contributed by atoms with Gasteiger partial charge in [0.1, 0.15) is 6.04 Å². The maximum atomic E-state index is 12.9. The number of carbonyl (C=O) groups is 2. The fraction of sp³-hybridized carbons (Fsp3) is 0.412. The van der Waals surface area contributed by atoms with Crippen molar-refractivity contribution in [1.29, 1.82) is 0 Å². The number of methoxy groups -OCH3 is 1. The van der Waals surface area contributed by atoms with E-state index in [1.807, 2.05) is 0 Å². The highest BCUT2D eigenvalue weighted by Gasteiger charge is 2.37. The number of allylic oxidation sites excluding steroid dienone is 1. The first-order chi connectivity index (χ1) is 12.4. The normalized spacial score (nSPS) is 13.0. The van der Waals surface area contributed by atoms with Crippen LogP contribution in [0, 0.1) is 0 Å². The zero-order valence-electron chi connectivity index (χ0n) is 14.2. The summed E-state index contributed by atoms with van der Waals surface area (Å²) in [6.45, 7) is 3.48. The van der Waals surface area contributed by atoms with E-state index in [9.17, 15) is 35.9 Å². The summed E-state index contributed by atoms with van der Waals surface area (Å²) >= 11 is 0. The number of hydrogen-bond acceptors (Lipinski definition) is 3. The number of alkyl halides is 6. The second-order valence-corrected chi connectivity index (χ2v) is 5.56. The predicted molar refractivity (Wildman–Crippen MR) is 83.8 cm³/mol. The lowest BCUT2D eigenvalue weighted by molar-refractivity contribution is -0.144. The minimum absolute atomic E-state index is 0.0789. The number of esters is 1. The van der Waals surface area contributed by atoms with Crippen LogP contribution in [-0.4, -0.2) is 25.0 Å². The number of ether oxygens (including phenoxy) is 1. The molecule has 4 nitrogen and oxygen atoms in total. The van der Waals surface area contributed by atoms with E-state index in [1.165, 1.54) is 0 Å². The third-order valence-electron chi connectivity index (χ3n) is 3.54. The molecule has 1 aromatic rings. The van der Waals surface area contributed by atoms with E-state index in [0.29, 0.717) is 25.0 Å². The first-order valence-corrected chi connectivity index (χ1v) is 7.69. The van der Waals surface area contributed by atoms with Crippen LogP contribution in [0.15, 0.2) is 30.9 Å². The Morgan fingerprint density at radius 2 is 1.63 bits per heavy atom. The molecule has 0 heterocycles. The van der Waals surface area contributed by atoms with Crippen molar-refractivity contribution in [3.05, 3.63) is 47.5 Å². The lowest BCUT2D eigenvalue weighted by atomic mass is 10.0. The van der Waals surface area contributed by atoms with Gasteiger partial charge in [0.2, 0.25) is 0 Å². The van der Waals surface area contributed by atoms with Crippen LogP contribution in [0.1, 0.15) is 40.7 Å². The van der Waals surface area contributed by atoms with Gasteiger partial charge in [-0.25, -0.2) is 4.79 Å². The first-order valence-electron chi connectivity index (χ1n) is 7.69. The Bertz CT molecular complexity index is 665. The van der Waals surface area contributed by atoms with Crippen molar-refractivity contribution in [2.75, 3.05) is 7.11 Å². The Morgan fingerprint density at radius 3 is 2.04 bits per heavy atom. The van der Waals surface area contributed by atoms with Gasteiger partial charge in [-0.3, -0.25) is 4.79 Å². The standard InChI is InChI=1S/C17H17F6NO3/c1-3-4-5-6-13(15(26)27-2)24-14(25)10-7-11(16(18,19)20)9-12(8-10)17(21,22)23/h3,7-9,13H,1,4-6H2,2H3,(H,24,25)/t13-/m0/s1. The molecule has 0 saturated carbocycles. The Morgan fingerprint density at radius 1 is 1.11 bits per heavy atom. The minimum Gasteiger partial charge on any atom is -0.467 e. The maximum absolute atomic E-state index is 12.9. The van der Waals surface area contributed by atoms with Crippen LogP contribution in [0.3, 0.4) is 0 Å². The van der Waals surface area contributed by atoms with E-state index in [4.69, 9.17) is 0 Å². The molecule has 1 N–H and O–H groups in total. The van der Waals surface area contributed by atoms with Crippen molar-refractivity contribution in [2.45, 2.75) is 37.7 Å². The smallest absolute Gasteiger partial charge is 0.416 e. The minimum atomic E-state index is -5.08. The molecule has 0 aliphatic carbocycles. The molecule has 0 aliphatic rings. The van der Waals surface area contributed by atoms with Crippen molar-refractivity contribution < 1.29 is 40.7 Å². The molecular formula is C17H17F6NO3. The summed E-state index contributed by atoms with van der Waals surface area (Å²) in [5.41, 5.74) is -4.11. The topological polar surface area (TPSA) is 55.4 Å². The molecule has 0 aromatic heterocycles. The number of amides is 1. The molecule has 10 heteroatoms. The van der Waals surface area contributed by atoms with E-state index in [-0.39, 0.29) is 12.5 Å². The Balaban J connectivity index is 3.19. The quantitative estimate of drug-likeness (QED) is 0.322. The second-order valence-electron chi connectivity index (χ2n) is 5.56. The van der Waals surface area contributed by atoms with Crippen molar-refractivity contribution >= 4 is 11.9 Å². The molecule has 0 unspecified atom stereocenters. The summed E-state index contributed by atoms with van der Waals surface area (Å²) in [4.78, 5) is 23.9. The van der Waals surface area contributed by atoms with Crippen LogP contribution < -0.4 is 5.32 Å². The summed E-state index contributed by atoms with van der Waals surface area (Å²) < 4.78 is 81.7. The van der Waals surface area contributed by atoms with Crippen LogP contribution in [0.4, 0.5) is 26.3 Å². The monoisotopic (exact) mass is 397 g/mol. The maximum Gasteiger partial charge on any atom is 0.416 e. The average Bonchev–Trinajstić information content (AvgIpc) is 2.58. The zero-order valence-corrected chi connectivity index (χ0v) is 14.2. The fourth-order valence-corrected chi connectivity index (χ4v) is 2.19. The van der Waals surface area contributed by atoms with Crippen molar-refractivity contribution in [3.63, 3.8) is 0 Å². The third kappa shape index (κ3) is 6.61. The number of hydrogen-bond donors (Lipinski definition) is 1. The summed E-state index contributed by atoms with van der Waals surface area (Å²) in [6.07, 6.45) is -7.64. The highest BCUT2D eigenvalue weighted by atomic mass is 19.4.